The van der Waals surface area contributed by atoms with E-state index in [1.54, 1.807) is 0 Å². The maximum atomic E-state index is 11.5. The first-order valence-electron chi connectivity index (χ1n) is 5.63. The van der Waals surface area contributed by atoms with Crippen molar-refractivity contribution < 1.29 is 4.79 Å². The molecule has 0 spiro atoms. The largest absolute Gasteiger partial charge is 0.317 e. The van der Waals surface area contributed by atoms with Gasteiger partial charge in [-0.15, -0.1) is 0 Å². The zero-order chi connectivity index (χ0) is 11.3. The highest BCUT2D eigenvalue weighted by atomic mass is 16.2. The minimum Gasteiger partial charge on any atom is -0.317 e. The molecular weight excluding hydrogens is 192 g/mol. The molecule has 1 unspecified atom stereocenters. The summed E-state index contributed by atoms with van der Waals surface area (Å²) in [5, 5.41) is 3.32. The normalized spacial score (nSPS) is 20.3. The number of hydrogen-bond donors (Lipinski definition) is 3. The Kier molecular flexibility index (Phi) is 5.01. The fourth-order valence-corrected chi connectivity index (χ4v) is 2.22. The molecule has 0 radical (unpaired) electrons. The second kappa shape index (κ2) is 6.05. The molecule has 88 valence electrons. The van der Waals surface area contributed by atoms with Crippen LogP contribution in [-0.2, 0) is 4.79 Å². The smallest absolute Gasteiger partial charge is 0.251 e. The summed E-state index contributed by atoms with van der Waals surface area (Å²) in [6, 6.07) is 0.395. The summed E-state index contributed by atoms with van der Waals surface area (Å²) in [6.45, 7) is 4.09. The van der Waals surface area contributed by atoms with Crippen molar-refractivity contribution in [2.24, 2.45) is 5.84 Å². The number of carbonyl (C=O) groups is 1. The van der Waals surface area contributed by atoms with Gasteiger partial charge in [0.15, 0.2) is 0 Å². The highest BCUT2D eigenvalue weighted by molar-refractivity contribution is 5.81. The Morgan fingerprint density at radius 3 is 2.67 bits per heavy atom. The minimum absolute atomic E-state index is 0.0847. The van der Waals surface area contributed by atoms with Crippen LogP contribution in [0.3, 0.4) is 0 Å². The number of likely N-dealkylation sites (N-methyl/N-ethyl adjacent to an activating group) is 1. The van der Waals surface area contributed by atoms with E-state index in [1.165, 1.54) is 0 Å². The fourth-order valence-electron chi connectivity index (χ4n) is 2.22. The van der Waals surface area contributed by atoms with Crippen molar-refractivity contribution >= 4 is 5.91 Å². The van der Waals surface area contributed by atoms with Crippen LogP contribution in [0.25, 0.3) is 0 Å². The molecule has 1 rings (SSSR count). The Morgan fingerprint density at radius 2 is 2.20 bits per heavy atom. The number of rotatable bonds is 4. The van der Waals surface area contributed by atoms with E-state index in [2.05, 4.69) is 15.6 Å². The third kappa shape index (κ3) is 3.15. The lowest BCUT2D eigenvalue weighted by molar-refractivity contribution is -0.127. The van der Waals surface area contributed by atoms with Crippen molar-refractivity contribution in [3.8, 4) is 0 Å². The van der Waals surface area contributed by atoms with Gasteiger partial charge in [0.2, 0.25) is 0 Å². The van der Waals surface area contributed by atoms with E-state index in [4.69, 9.17) is 5.84 Å². The standard InChI is InChI=1S/C10H22N4O/c1-3-9(10(15)13-11)14(2)8-4-6-12-7-5-8/h8-9,12H,3-7,11H2,1-2H3,(H,13,15). The number of amides is 1. The predicted molar refractivity (Wildman–Crippen MR) is 60.1 cm³/mol. The Morgan fingerprint density at radius 1 is 1.60 bits per heavy atom. The quantitative estimate of drug-likeness (QED) is 0.333. The van der Waals surface area contributed by atoms with Gasteiger partial charge in [0.1, 0.15) is 0 Å². The van der Waals surface area contributed by atoms with Crippen molar-refractivity contribution in [1.82, 2.24) is 15.6 Å². The van der Waals surface area contributed by atoms with Crippen LogP contribution in [0.5, 0.6) is 0 Å². The van der Waals surface area contributed by atoms with Crippen LogP contribution >= 0.6 is 0 Å². The van der Waals surface area contributed by atoms with Crippen LogP contribution < -0.4 is 16.6 Å². The van der Waals surface area contributed by atoms with E-state index in [0.29, 0.717) is 6.04 Å². The molecule has 0 aromatic heterocycles. The van der Waals surface area contributed by atoms with E-state index in [9.17, 15) is 4.79 Å². The second-order valence-electron chi connectivity index (χ2n) is 4.08. The number of nitrogens with zero attached hydrogens (tertiary/aromatic N) is 1. The van der Waals surface area contributed by atoms with Gasteiger partial charge < -0.3 is 5.32 Å². The predicted octanol–water partition coefficient (Wildman–Crippen LogP) is -0.561. The van der Waals surface area contributed by atoms with Gasteiger partial charge in [0, 0.05) is 6.04 Å². The summed E-state index contributed by atoms with van der Waals surface area (Å²) in [5.41, 5.74) is 2.24. The molecule has 1 heterocycles. The van der Waals surface area contributed by atoms with Gasteiger partial charge in [-0.2, -0.15) is 0 Å². The molecule has 15 heavy (non-hydrogen) atoms. The lowest BCUT2D eigenvalue weighted by Gasteiger charge is -2.35. The zero-order valence-corrected chi connectivity index (χ0v) is 9.62. The average Bonchev–Trinajstić information content (AvgIpc) is 2.30. The second-order valence-corrected chi connectivity index (χ2v) is 4.08. The first-order chi connectivity index (χ1) is 7.20. The summed E-state index contributed by atoms with van der Waals surface area (Å²) in [7, 11) is 2.01. The van der Waals surface area contributed by atoms with Crippen molar-refractivity contribution in [2.75, 3.05) is 20.1 Å². The molecule has 1 amide bonds. The Balaban J connectivity index is 2.54. The fraction of sp³-hybridized carbons (Fsp3) is 0.900. The zero-order valence-electron chi connectivity index (χ0n) is 9.62. The van der Waals surface area contributed by atoms with Gasteiger partial charge >= 0.3 is 0 Å². The summed E-state index contributed by atoms with van der Waals surface area (Å²) < 4.78 is 0. The molecule has 1 fully saturated rings. The van der Waals surface area contributed by atoms with E-state index in [0.717, 1.165) is 32.4 Å². The molecule has 0 bridgehead atoms. The third-order valence-corrected chi connectivity index (χ3v) is 3.21. The summed E-state index contributed by atoms with van der Waals surface area (Å²) in [6.07, 6.45) is 3.00. The SMILES string of the molecule is CCC(C(=O)NN)N(C)C1CCNCC1. The van der Waals surface area contributed by atoms with E-state index >= 15 is 0 Å². The molecule has 5 heteroatoms. The van der Waals surface area contributed by atoms with Gasteiger partial charge in [0.25, 0.3) is 5.91 Å². The van der Waals surface area contributed by atoms with E-state index < -0.39 is 0 Å². The molecule has 5 nitrogen and oxygen atoms in total. The van der Waals surface area contributed by atoms with Gasteiger partial charge in [-0.05, 0) is 39.4 Å². The van der Waals surface area contributed by atoms with Crippen LogP contribution in [0, 0.1) is 0 Å². The van der Waals surface area contributed by atoms with Gasteiger partial charge in [-0.3, -0.25) is 15.1 Å². The average molecular weight is 214 g/mol. The molecule has 0 aliphatic carbocycles. The highest BCUT2D eigenvalue weighted by Gasteiger charge is 2.27. The Hall–Kier alpha value is -0.650. The van der Waals surface area contributed by atoms with Gasteiger partial charge in [0.05, 0.1) is 6.04 Å². The first kappa shape index (κ1) is 12.4. The van der Waals surface area contributed by atoms with Crippen LogP contribution in [0.4, 0.5) is 0 Å². The van der Waals surface area contributed by atoms with Crippen molar-refractivity contribution in [3.63, 3.8) is 0 Å². The maximum absolute atomic E-state index is 11.5. The molecule has 0 aromatic carbocycles. The monoisotopic (exact) mass is 214 g/mol. The van der Waals surface area contributed by atoms with Crippen LogP contribution in [0.2, 0.25) is 0 Å². The van der Waals surface area contributed by atoms with E-state index in [-0.39, 0.29) is 11.9 Å². The lowest BCUT2D eigenvalue weighted by atomic mass is 10.0. The number of carbonyl (C=O) groups excluding carboxylic acids is 1. The van der Waals surface area contributed by atoms with Crippen molar-refractivity contribution in [3.05, 3.63) is 0 Å². The van der Waals surface area contributed by atoms with Gasteiger partial charge in [-0.25, -0.2) is 5.84 Å². The first-order valence-corrected chi connectivity index (χ1v) is 5.63. The van der Waals surface area contributed by atoms with Crippen LogP contribution in [0.15, 0.2) is 0 Å². The topological polar surface area (TPSA) is 70.4 Å². The molecule has 4 N–H and O–H groups in total. The van der Waals surface area contributed by atoms with Crippen LogP contribution in [0.1, 0.15) is 26.2 Å². The molecule has 1 aliphatic heterocycles. The minimum atomic E-state index is -0.0990. The molecular formula is C10H22N4O. The number of nitrogens with two attached hydrogens (primary N) is 1. The number of hydrazine groups is 1. The summed E-state index contributed by atoms with van der Waals surface area (Å²) in [4.78, 5) is 13.7. The molecule has 0 saturated carbocycles. The summed E-state index contributed by atoms with van der Waals surface area (Å²) >= 11 is 0. The van der Waals surface area contributed by atoms with E-state index in [1.807, 2.05) is 14.0 Å². The molecule has 1 aliphatic rings. The Bertz CT molecular complexity index is 204. The molecule has 0 aromatic rings. The molecule has 1 atom stereocenters. The highest BCUT2D eigenvalue weighted by Crippen LogP contribution is 2.14. The van der Waals surface area contributed by atoms with Crippen molar-refractivity contribution in [2.45, 2.75) is 38.3 Å². The number of piperidine rings is 1. The molecule has 1 saturated heterocycles. The van der Waals surface area contributed by atoms with Crippen molar-refractivity contribution in [1.29, 1.82) is 0 Å². The van der Waals surface area contributed by atoms with Crippen LogP contribution in [-0.4, -0.2) is 43.0 Å². The Labute approximate surface area is 91.3 Å². The lowest BCUT2D eigenvalue weighted by Crippen LogP contribution is -2.52. The number of hydrogen-bond acceptors (Lipinski definition) is 4. The summed E-state index contributed by atoms with van der Waals surface area (Å²) in [5.74, 6) is 5.09. The third-order valence-electron chi connectivity index (χ3n) is 3.21. The number of nitrogens with one attached hydrogen (secondary N) is 2. The maximum Gasteiger partial charge on any atom is 0.251 e. The van der Waals surface area contributed by atoms with Gasteiger partial charge in [-0.1, -0.05) is 6.92 Å².